The molecule has 7 nitrogen and oxygen atoms in total. The van der Waals surface area contributed by atoms with Crippen molar-refractivity contribution in [2.45, 2.75) is 24.4 Å². The minimum Gasteiger partial charge on any atom is -0.486 e. The third-order valence-electron chi connectivity index (χ3n) is 3.91. The monoisotopic (exact) mass is 384 g/mol. The Bertz CT molecular complexity index is 1080. The van der Waals surface area contributed by atoms with E-state index in [2.05, 4.69) is 15.2 Å². The van der Waals surface area contributed by atoms with E-state index in [0.717, 1.165) is 11.3 Å². The van der Waals surface area contributed by atoms with Gasteiger partial charge >= 0.3 is 0 Å². The van der Waals surface area contributed by atoms with Gasteiger partial charge in [-0.3, -0.25) is 0 Å². The quantitative estimate of drug-likeness (QED) is 0.406. The van der Waals surface area contributed by atoms with E-state index in [1.54, 1.807) is 12.1 Å². The Kier molecular flexibility index (Phi) is 4.68. The third-order valence-corrected chi connectivity index (χ3v) is 4.89. The maximum absolute atomic E-state index is 12.9. The normalized spacial score (nSPS) is 11.2. The number of ether oxygens (including phenoxy) is 1. The first kappa shape index (κ1) is 17.3. The molecule has 0 saturated heterocycles. The molecular formula is C18H17FN6OS. The Morgan fingerprint density at radius 1 is 1.11 bits per heavy atom. The van der Waals surface area contributed by atoms with Gasteiger partial charge in [-0.1, -0.05) is 17.8 Å². The summed E-state index contributed by atoms with van der Waals surface area (Å²) < 4.78 is 21.9. The standard InChI is InChI=1S/C18H17FN6OS/c1-12-2-7-16-21-14(9-24(16)8-12)11-27-18-23-22-17(25(18)20)10-26-15-5-3-13(19)4-6-15/h2-9H,10-11,20H2,1H3. The van der Waals surface area contributed by atoms with Gasteiger partial charge in [0.25, 0.3) is 0 Å². The molecule has 0 fully saturated rings. The number of hydrogen-bond acceptors (Lipinski definition) is 6. The maximum atomic E-state index is 12.9. The lowest BCUT2D eigenvalue weighted by Crippen LogP contribution is -2.15. The summed E-state index contributed by atoms with van der Waals surface area (Å²) in [5, 5.41) is 8.73. The summed E-state index contributed by atoms with van der Waals surface area (Å²) in [6, 6.07) is 9.78. The summed E-state index contributed by atoms with van der Waals surface area (Å²) in [6.07, 6.45) is 4.03. The number of nitrogens with zero attached hydrogens (tertiary/aromatic N) is 5. The van der Waals surface area contributed by atoms with Crippen LogP contribution in [0, 0.1) is 12.7 Å². The van der Waals surface area contributed by atoms with E-state index < -0.39 is 0 Å². The molecule has 1 aromatic carbocycles. The Morgan fingerprint density at radius 3 is 2.74 bits per heavy atom. The number of aryl methyl sites for hydroxylation is 1. The molecule has 4 aromatic rings. The van der Waals surface area contributed by atoms with Crippen LogP contribution in [0.1, 0.15) is 17.1 Å². The highest BCUT2D eigenvalue weighted by Crippen LogP contribution is 2.21. The first-order chi connectivity index (χ1) is 13.1. The first-order valence-electron chi connectivity index (χ1n) is 8.23. The Labute approximate surface area is 159 Å². The lowest BCUT2D eigenvalue weighted by Gasteiger charge is -2.06. The minimum absolute atomic E-state index is 0.142. The number of imidazole rings is 1. The zero-order chi connectivity index (χ0) is 18.8. The Balaban J connectivity index is 1.40. The SMILES string of the molecule is Cc1ccc2nc(CSc3nnc(COc4ccc(F)cc4)n3N)cn2c1. The van der Waals surface area contributed by atoms with Crippen molar-refractivity contribution in [3.63, 3.8) is 0 Å². The van der Waals surface area contributed by atoms with Crippen LogP contribution in [-0.2, 0) is 12.4 Å². The first-order valence-corrected chi connectivity index (χ1v) is 9.22. The fourth-order valence-electron chi connectivity index (χ4n) is 2.55. The predicted molar refractivity (Wildman–Crippen MR) is 100 cm³/mol. The van der Waals surface area contributed by atoms with Crippen molar-refractivity contribution in [3.05, 3.63) is 71.7 Å². The van der Waals surface area contributed by atoms with Crippen molar-refractivity contribution in [2.24, 2.45) is 0 Å². The summed E-state index contributed by atoms with van der Waals surface area (Å²) in [7, 11) is 0. The highest BCUT2D eigenvalue weighted by atomic mass is 32.2. The number of nitrogen functional groups attached to an aromatic ring is 1. The second kappa shape index (κ2) is 7.28. The smallest absolute Gasteiger partial charge is 0.210 e. The summed E-state index contributed by atoms with van der Waals surface area (Å²) in [6.45, 7) is 2.18. The number of thioether (sulfide) groups is 1. The van der Waals surface area contributed by atoms with Gasteiger partial charge in [-0.05, 0) is 42.8 Å². The molecule has 4 rings (SSSR count). The van der Waals surface area contributed by atoms with Crippen molar-refractivity contribution >= 4 is 17.4 Å². The lowest BCUT2D eigenvalue weighted by atomic mass is 10.3. The number of aromatic nitrogens is 5. The molecule has 0 saturated carbocycles. The molecule has 0 aliphatic carbocycles. The average molecular weight is 384 g/mol. The second-order valence-corrected chi connectivity index (χ2v) is 6.95. The average Bonchev–Trinajstić information content (AvgIpc) is 3.22. The molecule has 0 aliphatic rings. The summed E-state index contributed by atoms with van der Waals surface area (Å²) in [5.41, 5.74) is 3.00. The molecule has 138 valence electrons. The number of fused-ring (bicyclic) bond motifs is 1. The second-order valence-electron chi connectivity index (χ2n) is 6.00. The van der Waals surface area contributed by atoms with Gasteiger partial charge in [0.05, 0.1) is 5.69 Å². The minimum atomic E-state index is -0.315. The summed E-state index contributed by atoms with van der Waals surface area (Å²) in [4.78, 5) is 4.58. The van der Waals surface area contributed by atoms with Crippen LogP contribution in [0.15, 0.2) is 53.9 Å². The van der Waals surface area contributed by atoms with Gasteiger partial charge in [-0.25, -0.2) is 14.1 Å². The number of halogens is 1. The molecule has 0 spiro atoms. The van der Waals surface area contributed by atoms with Gasteiger partial charge in [-0.15, -0.1) is 10.2 Å². The van der Waals surface area contributed by atoms with Crippen LogP contribution in [0.25, 0.3) is 5.65 Å². The van der Waals surface area contributed by atoms with Crippen LogP contribution < -0.4 is 10.6 Å². The number of rotatable bonds is 6. The van der Waals surface area contributed by atoms with Gasteiger partial charge in [0.15, 0.2) is 5.82 Å². The largest absolute Gasteiger partial charge is 0.486 e. The van der Waals surface area contributed by atoms with Crippen LogP contribution in [0.4, 0.5) is 4.39 Å². The van der Waals surface area contributed by atoms with Crippen LogP contribution in [0.3, 0.4) is 0 Å². The molecule has 3 aromatic heterocycles. The van der Waals surface area contributed by atoms with E-state index in [9.17, 15) is 4.39 Å². The van der Waals surface area contributed by atoms with Crippen molar-refractivity contribution < 1.29 is 9.13 Å². The van der Waals surface area contributed by atoms with Gasteiger partial charge in [-0.2, -0.15) is 0 Å². The summed E-state index contributed by atoms with van der Waals surface area (Å²) >= 11 is 1.45. The van der Waals surface area contributed by atoms with Crippen molar-refractivity contribution in [3.8, 4) is 5.75 Å². The molecule has 2 N–H and O–H groups in total. The maximum Gasteiger partial charge on any atom is 0.210 e. The highest BCUT2D eigenvalue weighted by Gasteiger charge is 2.12. The molecule has 0 aliphatic heterocycles. The summed E-state index contributed by atoms with van der Waals surface area (Å²) in [5.74, 6) is 7.38. The van der Waals surface area contributed by atoms with Crippen molar-refractivity contribution in [1.29, 1.82) is 0 Å². The van der Waals surface area contributed by atoms with E-state index in [0.29, 0.717) is 22.5 Å². The van der Waals surface area contributed by atoms with E-state index in [1.807, 2.05) is 35.9 Å². The zero-order valence-electron chi connectivity index (χ0n) is 14.5. The fraction of sp³-hybridized carbons (Fsp3) is 0.167. The van der Waals surface area contributed by atoms with Crippen LogP contribution in [0.2, 0.25) is 0 Å². The van der Waals surface area contributed by atoms with Crippen LogP contribution in [-0.4, -0.2) is 24.3 Å². The highest BCUT2D eigenvalue weighted by molar-refractivity contribution is 7.98. The van der Waals surface area contributed by atoms with Crippen molar-refractivity contribution in [2.75, 3.05) is 5.84 Å². The zero-order valence-corrected chi connectivity index (χ0v) is 15.4. The topological polar surface area (TPSA) is 83.3 Å². The van der Waals surface area contributed by atoms with Crippen molar-refractivity contribution in [1.82, 2.24) is 24.3 Å². The van der Waals surface area contributed by atoms with Crippen LogP contribution in [0.5, 0.6) is 5.75 Å². The molecule has 0 unspecified atom stereocenters. The van der Waals surface area contributed by atoms with E-state index in [-0.39, 0.29) is 12.4 Å². The molecular weight excluding hydrogens is 367 g/mol. The van der Waals surface area contributed by atoms with Crippen LogP contribution >= 0.6 is 11.8 Å². The van der Waals surface area contributed by atoms with E-state index in [1.165, 1.54) is 34.1 Å². The molecule has 3 heterocycles. The molecule has 27 heavy (non-hydrogen) atoms. The van der Waals surface area contributed by atoms with Gasteiger partial charge in [0.2, 0.25) is 5.16 Å². The molecule has 0 radical (unpaired) electrons. The predicted octanol–water partition coefficient (Wildman–Crippen LogP) is 2.96. The number of pyridine rings is 1. The number of hydrogen-bond donors (Lipinski definition) is 1. The molecule has 0 amide bonds. The molecule has 9 heteroatoms. The fourth-order valence-corrected chi connectivity index (χ4v) is 3.31. The number of nitrogens with two attached hydrogens (primary N) is 1. The van der Waals surface area contributed by atoms with Gasteiger partial charge in [0, 0.05) is 18.1 Å². The Hall–Kier alpha value is -3.07. The third kappa shape index (κ3) is 3.87. The number of benzene rings is 1. The van der Waals surface area contributed by atoms with E-state index in [4.69, 9.17) is 10.6 Å². The van der Waals surface area contributed by atoms with Gasteiger partial charge < -0.3 is 15.0 Å². The molecule has 0 bridgehead atoms. The van der Waals surface area contributed by atoms with Gasteiger partial charge in [0.1, 0.15) is 23.8 Å². The molecule has 0 atom stereocenters. The Morgan fingerprint density at radius 2 is 1.93 bits per heavy atom. The lowest BCUT2D eigenvalue weighted by molar-refractivity contribution is 0.291. The van der Waals surface area contributed by atoms with E-state index >= 15 is 0 Å².